The van der Waals surface area contributed by atoms with Gasteiger partial charge in [-0.2, -0.15) is 0 Å². The Balaban J connectivity index is 2.09. The number of carbonyl (C=O) groups excluding carboxylic acids is 1. The molecule has 2 atom stereocenters. The summed E-state index contributed by atoms with van der Waals surface area (Å²) in [5.41, 5.74) is 0. The number of carbonyl (C=O) groups is 1. The van der Waals surface area contributed by atoms with Gasteiger partial charge in [-0.15, -0.1) is 0 Å². The Kier molecular flexibility index (Phi) is 5.73. The Hall–Kier alpha value is 0.120. The topological polar surface area (TPSA) is 55.8 Å². The lowest BCUT2D eigenvalue weighted by Crippen LogP contribution is -2.21. The second-order valence-corrected chi connectivity index (χ2v) is 4.31. The summed E-state index contributed by atoms with van der Waals surface area (Å²) in [7, 11) is 0. The van der Waals surface area contributed by atoms with Gasteiger partial charge in [0.05, 0.1) is 19.1 Å². The average molecular weight is 314 g/mol. The van der Waals surface area contributed by atoms with Crippen molar-refractivity contribution in [3.63, 3.8) is 0 Å². The van der Waals surface area contributed by atoms with Crippen molar-refractivity contribution >= 4 is 28.6 Å². The Morgan fingerprint density at radius 3 is 3.07 bits per heavy atom. The molecule has 0 bridgehead atoms. The highest BCUT2D eigenvalue weighted by Gasteiger charge is 2.20. The first kappa shape index (κ1) is 12.2. The third-order valence-electron chi connectivity index (χ3n) is 2.09. The number of rotatable bonds is 5. The van der Waals surface area contributed by atoms with E-state index in [1.807, 2.05) is 22.6 Å². The van der Waals surface area contributed by atoms with Crippen LogP contribution in [0.15, 0.2) is 0 Å². The van der Waals surface area contributed by atoms with Crippen LogP contribution < -0.4 is 0 Å². The lowest BCUT2D eigenvalue weighted by molar-refractivity contribution is -0.147. The van der Waals surface area contributed by atoms with E-state index in [2.05, 4.69) is 0 Å². The van der Waals surface area contributed by atoms with Crippen molar-refractivity contribution in [3.8, 4) is 0 Å². The molecule has 1 heterocycles. The molecule has 14 heavy (non-hydrogen) atoms. The Bertz CT molecular complexity index is 180. The average Bonchev–Trinajstić information content (AvgIpc) is 2.66. The van der Waals surface area contributed by atoms with Crippen molar-refractivity contribution in [3.05, 3.63) is 0 Å². The Morgan fingerprint density at radius 1 is 1.71 bits per heavy atom. The number of aliphatic hydroxyl groups is 1. The molecule has 4 nitrogen and oxygen atoms in total. The quantitative estimate of drug-likeness (QED) is 0.462. The number of halogens is 1. The summed E-state index contributed by atoms with van der Waals surface area (Å²) < 4.78 is 10.6. The monoisotopic (exact) mass is 314 g/mol. The van der Waals surface area contributed by atoms with Crippen molar-refractivity contribution in [2.45, 2.75) is 18.9 Å². The number of hydrogen-bond donors (Lipinski definition) is 1. The highest BCUT2D eigenvalue weighted by Crippen LogP contribution is 2.16. The molecule has 0 aliphatic carbocycles. The fraction of sp³-hybridized carbons (Fsp3) is 0.889. The molecule has 1 N–H and O–H groups in total. The zero-order chi connectivity index (χ0) is 10.4. The molecule has 2 unspecified atom stereocenters. The molecule has 0 aromatic carbocycles. The van der Waals surface area contributed by atoms with Gasteiger partial charge in [-0.05, 0) is 12.3 Å². The van der Waals surface area contributed by atoms with Crippen LogP contribution >= 0.6 is 22.6 Å². The van der Waals surface area contributed by atoms with E-state index in [9.17, 15) is 4.79 Å². The number of hydrogen-bond acceptors (Lipinski definition) is 4. The molecule has 0 spiro atoms. The molecule has 1 saturated heterocycles. The molecule has 0 aromatic heterocycles. The molecule has 0 amide bonds. The summed E-state index contributed by atoms with van der Waals surface area (Å²) in [5, 5.41) is 9.16. The van der Waals surface area contributed by atoms with Crippen LogP contribution in [0.25, 0.3) is 0 Å². The van der Waals surface area contributed by atoms with Crippen LogP contribution in [0.5, 0.6) is 0 Å². The fourth-order valence-corrected chi connectivity index (χ4v) is 1.53. The van der Waals surface area contributed by atoms with Gasteiger partial charge in [-0.3, -0.25) is 4.79 Å². The molecule has 1 aliphatic rings. The van der Waals surface area contributed by atoms with Crippen LogP contribution in [0.3, 0.4) is 0 Å². The van der Waals surface area contributed by atoms with Crippen LogP contribution in [-0.2, 0) is 14.3 Å². The first-order valence-corrected chi connectivity index (χ1v) is 6.22. The van der Waals surface area contributed by atoms with Crippen LogP contribution in [0, 0.1) is 5.92 Å². The number of ether oxygens (including phenoxy) is 2. The van der Waals surface area contributed by atoms with Crippen molar-refractivity contribution in [1.82, 2.24) is 0 Å². The SMILES string of the molecule is O=C(CC1CCOC1)OCC(O)CI. The van der Waals surface area contributed by atoms with Gasteiger partial charge in [0.2, 0.25) is 0 Å². The molecule has 0 radical (unpaired) electrons. The second kappa shape index (κ2) is 6.58. The van der Waals surface area contributed by atoms with E-state index in [-0.39, 0.29) is 12.6 Å². The maximum Gasteiger partial charge on any atom is 0.306 e. The normalized spacial score (nSPS) is 23.4. The molecule has 5 heteroatoms. The van der Waals surface area contributed by atoms with Crippen molar-refractivity contribution in [2.24, 2.45) is 5.92 Å². The Morgan fingerprint density at radius 2 is 2.50 bits per heavy atom. The number of alkyl halides is 1. The van der Waals surface area contributed by atoms with Crippen molar-refractivity contribution < 1.29 is 19.4 Å². The summed E-state index contributed by atoms with van der Waals surface area (Å²) in [6.45, 7) is 1.51. The van der Waals surface area contributed by atoms with E-state index in [1.54, 1.807) is 0 Å². The lowest BCUT2D eigenvalue weighted by atomic mass is 10.1. The molecule has 1 rings (SSSR count). The van der Waals surface area contributed by atoms with Gasteiger partial charge in [-0.1, -0.05) is 22.6 Å². The fourth-order valence-electron chi connectivity index (χ4n) is 1.27. The second-order valence-electron chi connectivity index (χ2n) is 3.42. The summed E-state index contributed by atoms with van der Waals surface area (Å²) in [4.78, 5) is 11.2. The zero-order valence-electron chi connectivity index (χ0n) is 7.95. The van der Waals surface area contributed by atoms with Gasteiger partial charge in [-0.25, -0.2) is 0 Å². The minimum atomic E-state index is -0.542. The van der Waals surface area contributed by atoms with E-state index >= 15 is 0 Å². The van der Waals surface area contributed by atoms with Crippen LogP contribution in [-0.4, -0.2) is 41.4 Å². The van der Waals surface area contributed by atoms with E-state index < -0.39 is 6.10 Å². The van der Waals surface area contributed by atoms with Gasteiger partial charge < -0.3 is 14.6 Å². The van der Waals surface area contributed by atoms with Gasteiger partial charge >= 0.3 is 5.97 Å². The number of aliphatic hydroxyl groups excluding tert-OH is 1. The predicted octanol–water partition coefficient (Wildman–Crippen LogP) is 0.752. The summed E-state index contributed by atoms with van der Waals surface area (Å²) in [6.07, 6.45) is 0.803. The third-order valence-corrected chi connectivity index (χ3v) is 3.11. The molecular formula is C9H15IO4. The minimum absolute atomic E-state index is 0.106. The summed E-state index contributed by atoms with van der Waals surface area (Å²) in [5.74, 6) is 0.0728. The molecule has 82 valence electrons. The molecule has 1 fully saturated rings. The van der Waals surface area contributed by atoms with E-state index in [0.29, 0.717) is 23.4 Å². The zero-order valence-corrected chi connectivity index (χ0v) is 10.1. The summed E-state index contributed by atoms with van der Waals surface area (Å²) in [6, 6.07) is 0. The van der Waals surface area contributed by atoms with E-state index in [1.165, 1.54) is 0 Å². The van der Waals surface area contributed by atoms with Crippen LogP contribution in [0.1, 0.15) is 12.8 Å². The maximum atomic E-state index is 11.2. The molecule has 0 aromatic rings. The van der Waals surface area contributed by atoms with Gasteiger partial charge in [0, 0.05) is 11.0 Å². The first-order chi connectivity index (χ1) is 6.72. The maximum absolute atomic E-state index is 11.2. The standard InChI is InChI=1S/C9H15IO4/c10-4-8(11)6-14-9(12)3-7-1-2-13-5-7/h7-8,11H,1-6H2. The van der Waals surface area contributed by atoms with E-state index in [4.69, 9.17) is 14.6 Å². The van der Waals surface area contributed by atoms with Gasteiger partial charge in [0.1, 0.15) is 6.61 Å². The predicted molar refractivity (Wildman–Crippen MR) is 59.4 cm³/mol. The van der Waals surface area contributed by atoms with Gasteiger partial charge in [0.15, 0.2) is 0 Å². The highest BCUT2D eigenvalue weighted by atomic mass is 127. The lowest BCUT2D eigenvalue weighted by Gasteiger charge is -2.10. The van der Waals surface area contributed by atoms with E-state index in [0.717, 1.165) is 13.0 Å². The number of esters is 1. The smallest absolute Gasteiger partial charge is 0.306 e. The van der Waals surface area contributed by atoms with Crippen LogP contribution in [0.2, 0.25) is 0 Å². The Labute approximate surface area is 97.1 Å². The van der Waals surface area contributed by atoms with Crippen LogP contribution in [0.4, 0.5) is 0 Å². The molecule has 0 saturated carbocycles. The molecular weight excluding hydrogens is 299 g/mol. The molecule has 1 aliphatic heterocycles. The highest BCUT2D eigenvalue weighted by molar-refractivity contribution is 14.1. The van der Waals surface area contributed by atoms with Crippen molar-refractivity contribution in [2.75, 3.05) is 24.2 Å². The first-order valence-electron chi connectivity index (χ1n) is 4.69. The third kappa shape index (κ3) is 4.56. The van der Waals surface area contributed by atoms with Crippen molar-refractivity contribution in [1.29, 1.82) is 0 Å². The minimum Gasteiger partial charge on any atom is -0.463 e. The summed E-state index contributed by atoms with van der Waals surface area (Å²) >= 11 is 2.05. The van der Waals surface area contributed by atoms with Gasteiger partial charge in [0.25, 0.3) is 0 Å². The largest absolute Gasteiger partial charge is 0.463 e.